The van der Waals surface area contributed by atoms with Crippen molar-refractivity contribution in [2.45, 2.75) is 38.8 Å². The molecule has 1 aromatic rings. The Balaban J connectivity index is 0.00000242. The van der Waals surface area contributed by atoms with Crippen molar-refractivity contribution in [1.29, 1.82) is 0 Å². The van der Waals surface area contributed by atoms with Crippen molar-refractivity contribution < 1.29 is 9.53 Å². The van der Waals surface area contributed by atoms with Gasteiger partial charge in [-0.1, -0.05) is 15.9 Å². The molecule has 1 N–H and O–H groups in total. The van der Waals surface area contributed by atoms with Crippen molar-refractivity contribution >= 4 is 34.2 Å². The second-order valence-electron chi connectivity index (χ2n) is 5.74. The molecule has 6 heteroatoms. The Morgan fingerprint density at radius 1 is 1.32 bits per heavy atom. The summed E-state index contributed by atoms with van der Waals surface area (Å²) in [5, 5.41) is 3.32. The standard InChI is InChI=1S/C16H23BrN2O2.ClH/c1-11(2)21-15-9-12(8-13(17)10-15)16(20)19(3)14-4-6-18-7-5-14;/h8-11,14,18H,4-7H2,1-3H3;1H. The zero-order valence-corrected chi connectivity index (χ0v) is 15.7. The summed E-state index contributed by atoms with van der Waals surface area (Å²) in [4.78, 5) is 14.5. The molecular formula is C16H24BrClN2O2. The third-order valence-electron chi connectivity index (χ3n) is 3.67. The molecule has 1 aliphatic heterocycles. The number of carbonyl (C=O) groups excluding carboxylic acids is 1. The number of ether oxygens (including phenoxy) is 1. The van der Waals surface area contributed by atoms with E-state index in [1.807, 2.05) is 44.0 Å². The van der Waals surface area contributed by atoms with Crippen molar-refractivity contribution in [2.24, 2.45) is 0 Å². The molecule has 0 radical (unpaired) electrons. The van der Waals surface area contributed by atoms with Crippen LogP contribution < -0.4 is 10.1 Å². The van der Waals surface area contributed by atoms with Crippen molar-refractivity contribution in [1.82, 2.24) is 10.2 Å². The van der Waals surface area contributed by atoms with Gasteiger partial charge in [0.25, 0.3) is 5.91 Å². The minimum atomic E-state index is 0. The molecule has 1 aromatic carbocycles. The lowest BCUT2D eigenvalue weighted by atomic mass is 10.0. The highest BCUT2D eigenvalue weighted by Crippen LogP contribution is 2.24. The number of carbonyl (C=O) groups is 1. The lowest BCUT2D eigenvalue weighted by Gasteiger charge is -2.31. The molecular weight excluding hydrogens is 368 g/mol. The average molecular weight is 392 g/mol. The van der Waals surface area contributed by atoms with E-state index in [4.69, 9.17) is 4.74 Å². The van der Waals surface area contributed by atoms with Gasteiger partial charge in [0.15, 0.2) is 0 Å². The van der Waals surface area contributed by atoms with Crippen LogP contribution in [0.1, 0.15) is 37.0 Å². The number of rotatable bonds is 4. The maximum Gasteiger partial charge on any atom is 0.254 e. The maximum absolute atomic E-state index is 12.7. The van der Waals surface area contributed by atoms with E-state index < -0.39 is 0 Å². The molecule has 0 aliphatic carbocycles. The van der Waals surface area contributed by atoms with Gasteiger partial charge in [-0.05, 0) is 58.0 Å². The van der Waals surface area contributed by atoms with Crippen LogP contribution in [0.25, 0.3) is 0 Å². The van der Waals surface area contributed by atoms with Crippen molar-refractivity contribution in [3.8, 4) is 5.75 Å². The van der Waals surface area contributed by atoms with Crippen LogP contribution in [0.5, 0.6) is 5.75 Å². The molecule has 0 unspecified atom stereocenters. The van der Waals surface area contributed by atoms with Crippen molar-refractivity contribution in [3.63, 3.8) is 0 Å². The van der Waals surface area contributed by atoms with E-state index in [0.29, 0.717) is 11.6 Å². The number of amides is 1. The fraction of sp³-hybridized carbons (Fsp3) is 0.562. The lowest BCUT2D eigenvalue weighted by Crippen LogP contribution is -2.43. The number of hydrogen-bond acceptors (Lipinski definition) is 3. The summed E-state index contributed by atoms with van der Waals surface area (Å²) in [5.41, 5.74) is 0.668. The van der Waals surface area contributed by atoms with E-state index in [1.54, 1.807) is 0 Å². The van der Waals surface area contributed by atoms with Crippen LogP contribution in [0.15, 0.2) is 22.7 Å². The molecule has 1 heterocycles. The molecule has 4 nitrogen and oxygen atoms in total. The molecule has 0 saturated carbocycles. The fourth-order valence-electron chi connectivity index (χ4n) is 2.59. The third kappa shape index (κ3) is 5.14. The SMILES string of the molecule is CC(C)Oc1cc(Br)cc(C(=O)N(C)C2CCNCC2)c1.Cl. The predicted octanol–water partition coefficient (Wildman–Crippen LogP) is 3.48. The summed E-state index contributed by atoms with van der Waals surface area (Å²) < 4.78 is 6.56. The van der Waals surface area contributed by atoms with E-state index in [0.717, 1.165) is 36.2 Å². The van der Waals surface area contributed by atoms with Crippen molar-refractivity contribution in [2.75, 3.05) is 20.1 Å². The van der Waals surface area contributed by atoms with Crippen LogP contribution in [0.2, 0.25) is 0 Å². The Morgan fingerprint density at radius 2 is 1.95 bits per heavy atom. The molecule has 1 aliphatic rings. The average Bonchev–Trinajstić information content (AvgIpc) is 2.45. The second kappa shape index (κ2) is 8.75. The first kappa shape index (κ1) is 19.3. The van der Waals surface area contributed by atoms with Gasteiger partial charge in [0.05, 0.1) is 6.10 Å². The van der Waals surface area contributed by atoms with Crippen LogP contribution in [-0.2, 0) is 0 Å². The van der Waals surface area contributed by atoms with E-state index in [9.17, 15) is 4.79 Å². The number of nitrogens with one attached hydrogen (secondary N) is 1. The topological polar surface area (TPSA) is 41.6 Å². The molecule has 1 fully saturated rings. The summed E-state index contributed by atoms with van der Waals surface area (Å²) in [6.45, 7) is 5.90. The van der Waals surface area contributed by atoms with Gasteiger partial charge in [0.2, 0.25) is 0 Å². The van der Waals surface area contributed by atoms with Crippen LogP contribution in [0.4, 0.5) is 0 Å². The molecule has 1 amide bonds. The number of hydrogen-bond donors (Lipinski definition) is 1. The quantitative estimate of drug-likeness (QED) is 0.854. The highest BCUT2D eigenvalue weighted by Gasteiger charge is 2.23. The fourth-order valence-corrected chi connectivity index (χ4v) is 3.06. The first-order valence-electron chi connectivity index (χ1n) is 7.42. The van der Waals surface area contributed by atoms with Gasteiger partial charge in [-0.15, -0.1) is 12.4 Å². The molecule has 124 valence electrons. The predicted molar refractivity (Wildman–Crippen MR) is 95.1 cm³/mol. The van der Waals surface area contributed by atoms with E-state index in [-0.39, 0.29) is 24.4 Å². The third-order valence-corrected chi connectivity index (χ3v) is 4.12. The first-order valence-corrected chi connectivity index (χ1v) is 8.22. The molecule has 0 aromatic heterocycles. The number of benzene rings is 1. The monoisotopic (exact) mass is 390 g/mol. The summed E-state index contributed by atoms with van der Waals surface area (Å²) in [6.07, 6.45) is 2.10. The Morgan fingerprint density at radius 3 is 2.55 bits per heavy atom. The molecule has 22 heavy (non-hydrogen) atoms. The van der Waals surface area contributed by atoms with Gasteiger partial charge in [0, 0.05) is 23.1 Å². The molecule has 0 bridgehead atoms. The zero-order chi connectivity index (χ0) is 15.4. The zero-order valence-electron chi connectivity index (χ0n) is 13.3. The summed E-state index contributed by atoms with van der Waals surface area (Å²) >= 11 is 3.46. The number of nitrogens with zero attached hydrogens (tertiary/aromatic N) is 1. The van der Waals surface area contributed by atoms with E-state index >= 15 is 0 Å². The summed E-state index contributed by atoms with van der Waals surface area (Å²) in [5.74, 6) is 0.776. The highest BCUT2D eigenvalue weighted by atomic mass is 79.9. The Hall–Kier alpha value is -0.780. The van der Waals surface area contributed by atoms with Crippen molar-refractivity contribution in [3.05, 3.63) is 28.2 Å². The van der Waals surface area contributed by atoms with Gasteiger partial charge >= 0.3 is 0 Å². The molecule has 0 atom stereocenters. The Kier molecular flexibility index (Phi) is 7.66. The van der Waals surface area contributed by atoms with Gasteiger partial charge in [-0.25, -0.2) is 0 Å². The minimum absolute atomic E-state index is 0. The molecule has 0 spiro atoms. The summed E-state index contributed by atoms with van der Waals surface area (Å²) in [7, 11) is 1.89. The van der Waals surface area contributed by atoms with Gasteiger partial charge in [0.1, 0.15) is 5.75 Å². The highest BCUT2D eigenvalue weighted by molar-refractivity contribution is 9.10. The first-order chi connectivity index (χ1) is 9.97. The second-order valence-corrected chi connectivity index (χ2v) is 6.66. The van der Waals surface area contributed by atoms with Gasteiger partial charge < -0.3 is 15.0 Å². The summed E-state index contributed by atoms with van der Waals surface area (Å²) in [6, 6.07) is 5.88. The van der Waals surface area contributed by atoms with Crippen LogP contribution >= 0.6 is 28.3 Å². The smallest absolute Gasteiger partial charge is 0.254 e. The van der Waals surface area contributed by atoms with Gasteiger partial charge in [-0.3, -0.25) is 4.79 Å². The molecule has 2 rings (SSSR count). The lowest BCUT2D eigenvalue weighted by molar-refractivity contribution is 0.0702. The number of halogens is 2. The van der Waals surface area contributed by atoms with Gasteiger partial charge in [-0.2, -0.15) is 0 Å². The normalized spacial score (nSPS) is 15.3. The minimum Gasteiger partial charge on any atom is -0.491 e. The molecule has 1 saturated heterocycles. The van der Waals surface area contributed by atoms with Crippen LogP contribution in [0.3, 0.4) is 0 Å². The maximum atomic E-state index is 12.7. The van der Waals surface area contributed by atoms with Crippen LogP contribution in [-0.4, -0.2) is 43.1 Å². The van der Waals surface area contributed by atoms with E-state index in [1.165, 1.54) is 0 Å². The Bertz CT molecular complexity index is 505. The Labute approximate surface area is 147 Å². The largest absolute Gasteiger partial charge is 0.491 e. The van der Waals surface area contributed by atoms with Crippen LogP contribution in [0, 0.1) is 0 Å². The number of piperidine rings is 1. The van der Waals surface area contributed by atoms with E-state index in [2.05, 4.69) is 21.2 Å².